The molecule has 3 rings (SSSR count). The molecule has 0 atom stereocenters. The third-order valence-electron chi connectivity index (χ3n) is 4.25. The first-order valence-electron chi connectivity index (χ1n) is 6.84. The number of rotatable bonds is 1. The summed E-state index contributed by atoms with van der Waals surface area (Å²) in [6.45, 7) is 0.822. The standard InChI is InChI=1S/C15H21NO/c16-15(9-3-1-2-4-10-15)13-7-5-6-12-8-11-17-14(12)13/h5-7H,1-4,8-11,16H2. The first-order valence-corrected chi connectivity index (χ1v) is 6.84. The molecule has 1 aromatic rings. The van der Waals surface area contributed by atoms with Crippen LogP contribution < -0.4 is 10.5 Å². The summed E-state index contributed by atoms with van der Waals surface area (Å²) in [6, 6.07) is 6.49. The Hall–Kier alpha value is -1.02. The molecule has 1 aliphatic carbocycles. The van der Waals surface area contributed by atoms with E-state index in [0.717, 1.165) is 31.6 Å². The Morgan fingerprint density at radius 3 is 2.59 bits per heavy atom. The van der Waals surface area contributed by atoms with Gasteiger partial charge in [-0.05, 0) is 18.4 Å². The first-order chi connectivity index (χ1) is 8.30. The Morgan fingerprint density at radius 1 is 1.06 bits per heavy atom. The van der Waals surface area contributed by atoms with Crippen LogP contribution in [0.15, 0.2) is 18.2 Å². The molecule has 1 saturated carbocycles. The molecule has 2 N–H and O–H groups in total. The van der Waals surface area contributed by atoms with Gasteiger partial charge in [-0.1, -0.05) is 43.9 Å². The highest BCUT2D eigenvalue weighted by molar-refractivity contribution is 5.47. The van der Waals surface area contributed by atoms with E-state index >= 15 is 0 Å². The maximum absolute atomic E-state index is 6.67. The molecule has 0 aromatic heterocycles. The van der Waals surface area contributed by atoms with E-state index in [2.05, 4.69) is 18.2 Å². The zero-order chi connectivity index (χ0) is 11.7. The molecule has 0 saturated heterocycles. The summed E-state index contributed by atoms with van der Waals surface area (Å²) in [5.41, 5.74) is 9.13. The van der Waals surface area contributed by atoms with E-state index in [0.29, 0.717) is 0 Å². The molecule has 1 heterocycles. The largest absolute Gasteiger partial charge is 0.493 e. The van der Waals surface area contributed by atoms with Gasteiger partial charge in [0, 0.05) is 17.5 Å². The predicted molar refractivity (Wildman–Crippen MR) is 69.2 cm³/mol. The van der Waals surface area contributed by atoms with Gasteiger partial charge >= 0.3 is 0 Å². The highest BCUT2D eigenvalue weighted by atomic mass is 16.5. The fourth-order valence-electron chi connectivity index (χ4n) is 3.24. The Labute approximate surface area is 103 Å². The summed E-state index contributed by atoms with van der Waals surface area (Å²) in [5.74, 6) is 1.09. The molecule has 17 heavy (non-hydrogen) atoms. The van der Waals surface area contributed by atoms with Gasteiger partial charge in [-0.15, -0.1) is 0 Å². The zero-order valence-electron chi connectivity index (χ0n) is 10.4. The first kappa shape index (κ1) is 11.1. The van der Waals surface area contributed by atoms with Crippen LogP contribution >= 0.6 is 0 Å². The van der Waals surface area contributed by atoms with Crippen molar-refractivity contribution < 1.29 is 4.74 Å². The predicted octanol–water partition coefficient (Wildman–Crippen LogP) is 3.13. The van der Waals surface area contributed by atoms with E-state index in [-0.39, 0.29) is 5.54 Å². The van der Waals surface area contributed by atoms with Crippen molar-refractivity contribution >= 4 is 0 Å². The summed E-state index contributed by atoms with van der Waals surface area (Å²) in [6.07, 6.45) is 8.41. The third-order valence-corrected chi connectivity index (χ3v) is 4.25. The van der Waals surface area contributed by atoms with Gasteiger partial charge in [0.25, 0.3) is 0 Å². The molecule has 2 heteroatoms. The van der Waals surface area contributed by atoms with Crippen LogP contribution in [0.2, 0.25) is 0 Å². The fourth-order valence-corrected chi connectivity index (χ4v) is 3.24. The summed E-state index contributed by atoms with van der Waals surface area (Å²) in [7, 11) is 0. The molecule has 0 radical (unpaired) electrons. The zero-order valence-corrected chi connectivity index (χ0v) is 10.4. The van der Waals surface area contributed by atoms with E-state index in [1.54, 1.807) is 0 Å². The molecular formula is C15H21NO. The van der Waals surface area contributed by atoms with E-state index < -0.39 is 0 Å². The molecule has 0 unspecified atom stereocenters. The Bertz CT molecular complexity index is 405. The highest BCUT2D eigenvalue weighted by Gasteiger charge is 2.33. The lowest BCUT2D eigenvalue weighted by molar-refractivity contribution is 0.325. The molecule has 1 aromatic carbocycles. The third kappa shape index (κ3) is 1.95. The number of hydrogen-bond acceptors (Lipinski definition) is 2. The average molecular weight is 231 g/mol. The second-order valence-electron chi connectivity index (χ2n) is 5.46. The van der Waals surface area contributed by atoms with Crippen LogP contribution in [-0.2, 0) is 12.0 Å². The topological polar surface area (TPSA) is 35.2 Å². The Balaban J connectivity index is 1.99. The molecule has 0 amide bonds. The van der Waals surface area contributed by atoms with Crippen molar-refractivity contribution in [2.24, 2.45) is 5.73 Å². The SMILES string of the molecule is NC1(c2cccc3c2OCC3)CCCCCC1. The van der Waals surface area contributed by atoms with Crippen molar-refractivity contribution in [2.45, 2.75) is 50.5 Å². The van der Waals surface area contributed by atoms with Crippen LogP contribution in [0.4, 0.5) is 0 Å². The van der Waals surface area contributed by atoms with Crippen LogP contribution in [0, 0.1) is 0 Å². The molecule has 0 bridgehead atoms. The quantitative estimate of drug-likeness (QED) is 0.754. The average Bonchev–Trinajstić information content (AvgIpc) is 2.71. The van der Waals surface area contributed by atoms with Crippen molar-refractivity contribution in [3.63, 3.8) is 0 Å². The smallest absolute Gasteiger partial charge is 0.127 e. The van der Waals surface area contributed by atoms with E-state index in [9.17, 15) is 0 Å². The monoisotopic (exact) mass is 231 g/mol. The highest BCUT2D eigenvalue weighted by Crippen LogP contribution is 2.41. The van der Waals surface area contributed by atoms with Gasteiger partial charge in [-0.25, -0.2) is 0 Å². The van der Waals surface area contributed by atoms with E-state index in [1.165, 1.54) is 36.8 Å². The lowest BCUT2D eigenvalue weighted by Gasteiger charge is -2.30. The number of hydrogen-bond donors (Lipinski definition) is 1. The van der Waals surface area contributed by atoms with Gasteiger partial charge in [0.1, 0.15) is 5.75 Å². The number of benzene rings is 1. The Kier molecular flexibility index (Phi) is 2.83. The molecule has 1 fully saturated rings. The Morgan fingerprint density at radius 2 is 1.82 bits per heavy atom. The van der Waals surface area contributed by atoms with Crippen LogP contribution in [0.1, 0.15) is 49.7 Å². The van der Waals surface area contributed by atoms with Crippen LogP contribution in [0.5, 0.6) is 5.75 Å². The minimum absolute atomic E-state index is 0.147. The van der Waals surface area contributed by atoms with Gasteiger partial charge in [-0.3, -0.25) is 0 Å². The van der Waals surface area contributed by atoms with E-state index in [4.69, 9.17) is 10.5 Å². The molecule has 1 aliphatic heterocycles. The molecular weight excluding hydrogens is 210 g/mol. The van der Waals surface area contributed by atoms with Crippen LogP contribution in [0.3, 0.4) is 0 Å². The van der Waals surface area contributed by atoms with Crippen LogP contribution in [0.25, 0.3) is 0 Å². The second-order valence-corrected chi connectivity index (χ2v) is 5.46. The second kappa shape index (κ2) is 4.34. The molecule has 2 nitrogen and oxygen atoms in total. The summed E-state index contributed by atoms with van der Waals surface area (Å²) in [4.78, 5) is 0. The molecule has 2 aliphatic rings. The summed E-state index contributed by atoms with van der Waals surface area (Å²) >= 11 is 0. The van der Waals surface area contributed by atoms with Gasteiger partial charge in [0.2, 0.25) is 0 Å². The minimum atomic E-state index is -0.147. The summed E-state index contributed by atoms with van der Waals surface area (Å²) in [5, 5.41) is 0. The van der Waals surface area contributed by atoms with Crippen molar-refractivity contribution in [1.29, 1.82) is 0 Å². The maximum Gasteiger partial charge on any atom is 0.127 e. The normalized spacial score (nSPS) is 22.6. The maximum atomic E-state index is 6.67. The lowest BCUT2D eigenvalue weighted by Crippen LogP contribution is -2.36. The van der Waals surface area contributed by atoms with Gasteiger partial charge in [0.15, 0.2) is 0 Å². The van der Waals surface area contributed by atoms with E-state index in [1.807, 2.05) is 0 Å². The van der Waals surface area contributed by atoms with Crippen LogP contribution in [-0.4, -0.2) is 6.61 Å². The molecule has 0 spiro atoms. The number of ether oxygens (including phenoxy) is 1. The summed E-state index contributed by atoms with van der Waals surface area (Å²) < 4.78 is 5.81. The number of nitrogens with two attached hydrogens (primary N) is 1. The number of para-hydroxylation sites is 1. The number of fused-ring (bicyclic) bond motifs is 1. The van der Waals surface area contributed by atoms with Gasteiger partial charge in [-0.2, -0.15) is 0 Å². The molecule has 92 valence electrons. The fraction of sp³-hybridized carbons (Fsp3) is 0.600. The van der Waals surface area contributed by atoms with Gasteiger partial charge in [0.05, 0.1) is 6.61 Å². The minimum Gasteiger partial charge on any atom is -0.493 e. The lowest BCUT2D eigenvalue weighted by atomic mass is 9.82. The van der Waals surface area contributed by atoms with Crippen molar-refractivity contribution in [3.05, 3.63) is 29.3 Å². The van der Waals surface area contributed by atoms with Crippen molar-refractivity contribution in [1.82, 2.24) is 0 Å². The van der Waals surface area contributed by atoms with Crippen molar-refractivity contribution in [2.75, 3.05) is 6.61 Å². The van der Waals surface area contributed by atoms with Gasteiger partial charge < -0.3 is 10.5 Å². The van der Waals surface area contributed by atoms with Crippen molar-refractivity contribution in [3.8, 4) is 5.75 Å².